The van der Waals surface area contributed by atoms with Gasteiger partial charge in [0, 0.05) is 0 Å². The molecule has 0 fully saturated rings. The van der Waals surface area contributed by atoms with Gasteiger partial charge < -0.3 is 0 Å². The van der Waals surface area contributed by atoms with E-state index in [0.717, 1.165) is 0 Å². The molecule has 0 bridgehead atoms. The lowest BCUT2D eigenvalue weighted by Gasteiger charge is -1.94. The largest absolute Gasteiger partial charge is 0.238 e. The van der Waals surface area contributed by atoms with Gasteiger partial charge >= 0.3 is 0 Å². The highest BCUT2D eigenvalue weighted by molar-refractivity contribution is 9.03. The number of hydrogen-bond donors (Lipinski definition) is 2. The third-order valence-corrected chi connectivity index (χ3v) is 12.3. The molecule has 0 aliphatic rings. The lowest BCUT2D eigenvalue weighted by atomic mass is 15.0. The normalized spacial score (nSPS) is 12.2. The fourth-order valence-corrected chi connectivity index (χ4v) is 0.735. The van der Waals surface area contributed by atoms with Crippen molar-refractivity contribution in [1.29, 1.82) is 0 Å². The van der Waals surface area contributed by atoms with Crippen molar-refractivity contribution < 1.29 is 9.59 Å². The van der Waals surface area contributed by atoms with Crippen LogP contribution in [0.1, 0.15) is 0 Å². The van der Waals surface area contributed by atoms with Gasteiger partial charge in [-0.15, -0.1) is 0 Å². The summed E-state index contributed by atoms with van der Waals surface area (Å²) in [5.74, 6) is 0. The van der Waals surface area contributed by atoms with Crippen LogP contribution < -0.4 is 0 Å². The molecule has 0 aromatic rings. The summed E-state index contributed by atoms with van der Waals surface area (Å²) in [7, 11) is -1.34. The third-order valence-electron chi connectivity index (χ3n) is 0.277. The van der Waals surface area contributed by atoms with Crippen LogP contribution in [-0.2, 0) is 62.6 Å². The number of rotatable bonds is 2. The van der Waals surface area contributed by atoms with Crippen LogP contribution in [0.2, 0.25) is 0 Å². The number of hydrogen-bond acceptors (Lipinski definition) is 6. The first-order valence-electron chi connectivity index (χ1n) is 1.23. The average molecular weight is 226 g/mol. The third kappa shape index (κ3) is 2.87. The monoisotopic (exact) mass is 226 g/mol. The highest BCUT2D eigenvalue weighted by atomic mass is 33.7. The van der Waals surface area contributed by atoms with E-state index in [2.05, 4.69) is 49.1 Å². The molecular weight excluding hydrogens is 224 g/mol. The highest BCUT2D eigenvalue weighted by Gasteiger charge is 1.94. The Balaban J connectivity index is 4.69. The van der Waals surface area contributed by atoms with E-state index in [1.807, 2.05) is 0 Å². The molecule has 1 N–H and O–H groups in total. The van der Waals surface area contributed by atoms with Crippen molar-refractivity contribution in [3.63, 3.8) is 0 Å². The summed E-state index contributed by atoms with van der Waals surface area (Å²) < 4.78 is 3.73. The number of thiol groups is 1. The molecule has 0 amide bonds. The molecule has 2 nitrogen and oxygen atoms in total. The first-order chi connectivity index (χ1) is 3.50. The van der Waals surface area contributed by atoms with Gasteiger partial charge in [-0.2, -0.15) is 4.33 Å². The van der Waals surface area contributed by atoms with Crippen molar-refractivity contribution in [2.24, 2.45) is 0 Å². The van der Waals surface area contributed by atoms with Crippen LogP contribution in [0.4, 0.5) is 0 Å². The Hall–Kier alpha value is 1.50. The molecule has 0 aromatic carbocycles. The summed E-state index contributed by atoms with van der Waals surface area (Å²) in [5, 5.41) is 7.98. The van der Waals surface area contributed by atoms with Gasteiger partial charge in [0.15, 0.2) is 0 Å². The molecule has 0 atom stereocenters. The Morgan fingerprint density at radius 1 is 1.38 bits per heavy atom. The van der Waals surface area contributed by atoms with Crippen molar-refractivity contribution in [3.8, 4) is 0 Å². The summed E-state index contributed by atoms with van der Waals surface area (Å²) in [5.41, 5.74) is 0. The van der Waals surface area contributed by atoms with Crippen LogP contribution >= 0.6 is 0 Å². The molecule has 8 heavy (non-hydrogen) atoms. The minimum absolute atomic E-state index is 1.34. The molecule has 8 heteroatoms. The van der Waals surface area contributed by atoms with Gasteiger partial charge in [0.05, 0.1) is 0 Å². The molecule has 0 heterocycles. The molecule has 0 saturated carbocycles. The zero-order chi connectivity index (χ0) is 6.78. The van der Waals surface area contributed by atoms with Gasteiger partial charge in [0.25, 0.3) is 0 Å². The fourth-order valence-electron chi connectivity index (χ4n) is 0.0272. The average Bonchev–Trinajstić information content (AvgIpc) is 1.67. The van der Waals surface area contributed by atoms with Crippen LogP contribution in [0.3, 0.4) is 0 Å². The Morgan fingerprint density at radius 3 is 1.75 bits per heavy atom. The smallest absolute Gasteiger partial charge is 0.108 e. The van der Waals surface area contributed by atoms with E-state index in [1.54, 1.807) is 0 Å². The van der Waals surface area contributed by atoms with E-state index in [-0.39, 0.29) is 0 Å². The van der Waals surface area contributed by atoms with Crippen LogP contribution in [0.15, 0.2) is 0 Å². The maximum Gasteiger partial charge on any atom is 0.108 e. The molecule has 0 spiro atoms. The Labute approximate surface area is 67.4 Å². The van der Waals surface area contributed by atoms with Crippen LogP contribution in [0, 0.1) is 0 Å². The van der Waals surface area contributed by atoms with E-state index in [4.69, 9.17) is 5.26 Å². The van der Waals surface area contributed by atoms with Gasteiger partial charge in [-0.25, -0.2) is 5.26 Å². The zero-order valence-electron chi connectivity index (χ0n) is 3.34. The quantitative estimate of drug-likeness (QED) is 0.290. The van der Waals surface area contributed by atoms with Gasteiger partial charge in [0.2, 0.25) is 0 Å². The van der Waals surface area contributed by atoms with Crippen molar-refractivity contribution in [1.82, 2.24) is 0 Å². The van der Waals surface area contributed by atoms with E-state index in [0.29, 0.717) is 0 Å². The van der Waals surface area contributed by atoms with Gasteiger partial charge in [-0.1, -0.05) is 0 Å². The molecule has 0 saturated heterocycles. The standard InChI is InChI=1S/H2O2S6/c1-2-8(5,6)7(3)4/h1,7H. The van der Waals surface area contributed by atoms with E-state index in [1.165, 1.54) is 0 Å². The van der Waals surface area contributed by atoms with Crippen LogP contribution in [0.5, 0.6) is 0 Å². The summed E-state index contributed by atoms with van der Waals surface area (Å²) in [6.07, 6.45) is 0. The molecule has 50 valence electrons. The molecule has 0 aliphatic carbocycles. The maximum absolute atomic E-state index is 7.98. The summed E-state index contributed by atoms with van der Waals surface area (Å²) >= 11 is 18.1. The SMILES string of the molecule is OOS(=S)(=S)[SH](=S)=S. The minimum Gasteiger partial charge on any atom is -0.238 e. The molecule has 0 aliphatic heterocycles. The molecular formula is H2O2S6. The zero-order valence-corrected chi connectivity index (χ0v) is 8.32. The van der Waals surface area contributed by atoms with E-state index in [9.17, 15) is 0 Å². The van der Waals surface area contributed by atoms with Gasteiger partial charge in [0.1, 0.15) is 6.46 Å². The second-order valence-electron chi connectivity index (χ2n) is 0.726. The van der Waals surface area contributed by atoms with Crippen molar-refractivity contribution >= 4 is 58.3 Å². The predicted molar refractivity (Wildman–Crippen MR) is 49.3 cm³/mol. The molecule has 0 rings (SSSR count). The fraction of sp³-hybridized carbons (Fsp3) is 0. The second-order valence-corrected chi connectivity index (χ2v) is 14.0. The summed E-state index contributed by atoms with van der Waals surface area (Å²) in [6, 6.07) is 0. The Kier molecular flexibility index (Phi) is 4.29. The second kappa shape index (κ2) is 3.62. The van der Waals surface area contributed by atoms with Crippen LogP contribution in [0.25, 0.3) is 0 Å². The minimum atomic E-state index is -2.32. The first kappa shape index (κ1) is 9.50. The Morgan fingerprint density at radius 2 is 1.75 bits per heavy atom. The lowest BCUT2D eigenvalue weighted by Crippen LogP contribution is -1.97. The van der Waals surface area contributed by atoms with Crippen molar-refractivity contribution in [2.75, 3.05) is 0 Å². The van der Waals surface area contributed by atoms with Crippen molar-refractivity contribution in [3.05, 3.63) is 0 Å². The topological polar surface area (TPSA) is 29.5 Å². The molecule has 0 radical (unpaired) electrons. The Bertz CT molecular complexity index is 207. The lowest BCUT2D eigenvalue weighted by molar-refractivity contribution is -0.117. The van der Waals surface area contributed by atoms with E-state index >= 15 is 0 Å². The van der Waals surface area contributed by atoms with Gasteiger partial charge in [-0.05, 0) is 51.8 Å². The van der Waals surface area contributed by atoms with Crippen molar-refractivity contribution in [2.45, 2.75) is 0 Å². The van der Waals surface area contributed by atoms with Crippen LogP contribution in [-0.4, -0.2) is 5.26 Å². The first-order valence-corrected chi connectivity index (χ1v) is 8.61. The highest BCUT2D eigenvalue weighted by Crippen LogP contribution is 1.91. The van der Waals surface area contributed by atoms with E-state index < -0.39 is 13.5 Å². The summed E-state index contributed by atoms with van der Waals surface area (Å²) in [4.78, 5) is 0. The maximum atomic E-state index is 7.98. The molecule has 0 unspecified atom stereocenters. The molecule has 0 aromatic heterocycles. The predicted octanol–water partition coefficient (Wildman–Crippen LogP) is -0.342. The summed E-state index contributed by atoms with van der Waals surface area (Å²) in [6.45, 7) is -2.32. The van der Waals surface area contributed by atoms with Gasteiger partial charge in [-0.3, -0.25) is 0 Å².